The second-order valence-electron chi connectivity index (χ2n) is 5.81. The summed E-state index contributed by atoms with van der Waals surface area (Å²) in [5, 5.41) is 3.41. The Morgan fingerprint density at radius 3 is 2.88 bits per heavy atom. The number of amides is 1. The molecule has 1 saturated heterocycles. The van der Waals surface area contributed by atoms with Crippen molar-refractivity contribution < 1.29 is 14.3 Å². The lowest BCUT2D eigenvalue weighted by Crippen LogP contribution is -2.19. The summed E-state index contributed by atoms with van der Waals surface area (Å²) in [6.07, 6.45) is 1.83. The van der Waals surface area contributed by atoms with Gasteiger partial charge < -0.3 is 14.8 Å². The SMILES string of the molecule is Cc1cccc(N=C2NC(=O)/C(=C\c3ccc4c(c3)OCO4)S2)c1C. The second-order valence-corrected chi connectivity index (χ2v) is 6.84. The summed E-state index contributed by atoms with van der Waals surface area (Å²) >= 11 is 1.33. The van der Waals surface area contributed by atoms with Gasteiger partial charge in [0, 0.05) is 0 Å². The molecule has 0 spiro atoms. The first-order valence-electron chi connectivity index (χ1n) is 7.85. The van der Waals surface area contributed by atoms with E-state index in [2.05, 4.69) is 10.3 Å². The van der Waals surface area contributed by atoms with Gasteiger partial charge in [-0.05, 0) is 66.6 Å². The number of nitrogens with zero attached hydrogens (tertiary/aromatic N) is 1. The molecule has 0 atom stereocenters. The topological polar surface area (TPSA) is 59.9 Å². The van der Waals surface area contributed by atoms with Crippen LogP contribution in [0.15, 0.2) is 46.3 Å². The number of nitrogens with one attached hydrogen (secondary N) is 1. The van der Waals surface area contributed by atoms with Crippen molar-refractivity contribution in [3.05, 3.63) is 58.0 Å². The van der Waals surface area contributed by atoms with Crippen LogP contribution in [-0.2, 0) is 4.79 Å². The van der Waals surface area contributed by atoms with Crippen molar-refractivity contribution in [3.63, 3.8) is 0 Å². The monoisotopic (exact) mass is 352 g/mol. The fourth-order valence-electron chi connectivity index (χ4n) is 2.60. The van der Waals surface area contributed by atoms with Gasteiger partial charge in [-0.2, -0.15) is 0 Å². The van der Waals surface area contributed by atoms with Crippen molar-refractivity contribution >= 4 is 34.6 Å². The molecule has 1 amide bonds. The Bertz CT molecular complexity index is 934. The molecule has 126 valence electrons. The van der Waals surface area contributed by atoms with Crippen molar-refractivity contribution in [1.82, 2.24) is 5.32 Å². The van der Waals surface area contributed by atoms with E-state index in [1.165, 1.54) is 17.3 Å². The van der Waals surface area contributed by atoms with Crippen LogP contribution in [0.5, 0.6) is 11.5 Å². The van der Waals surface area contributed by atoms with Crippen molar-refractivity contribution in [2.45, 2.75) is 13.8 Å². The Morgan fingerprint density at radius 1 is 1.16 bits per heavy atom. The summed E-state index contributed by atoms with van der Waals surface area (Å²) in [6, 6.07) is 11.6. The van der Waals surface area contributed by atoms with Crippen molar-refractivity contribution in [1.29, 1.82) is 0 Å². The first-order valence-corrected chi connectivity index (χ1v) is 8.67. The smallest absolute Gasteiger partial charge is 0.264 e. The van der Waals surface area contributed by atoms with E-state index < -0.39 is 0 Å². The molecular formula is C19H16N2O3S. The minimum absolute atomic E-state index is 0.147. The molecule has 0 bridgehead atoms. The molecule has 0 unspecified atom stereocenters. The van der Waals surface area contributed by atoms with Crippen LogP contribution in [0.1, 0.15) is 16.7 Å². The fraction of sp³-hybridized carbons (Fsp3) is 0.158. The lowest BCUT2D eigenvalue weighted by atomic mass is 10.1. The maximum Gasteiger partial charge on any atom is 0.264 e. The van der Waals surface area contributed by atoms with Crippen LogP contribution in [0.2, 0.25) is 0 Å². The standard InChI is InChI=1S/C19H16N2O3S/c1-11-4-3-5-14(12(11)2)20-19-21-18(22)17(25-19)9-13-6-7-15-16(8-13)24-10-23-15/h3-9H,10H2,1-2H3,(H,20,21,22)/b17-9+. The molecule has 2 aliphatic rings. The van der Waals surface area contributed by atoms with Gasteiger partial charge in [0.05, 0.1) is 10.6 Å². The summed E-state index contributed by atoms with van der Waals surface area (Å²) in [6.45, 7) is 4.31. The van der Waals surface area contributed by atoms with Gasteiger partial charge in [-0.25, -0.2) is 4.99 Å². The summed E-state index contributed by atoms with van der Waals surface area (Å²) < 4.78 is 10.7. The van der Waals surface area contributed by atoms with Gasteiger partial charge in [0.25, 0.3) is 5.91 Å². The quantitative estimate of drug-likeness (QED) is 0.832. The number of hydrogen-bond donors (Lipinski definition) is 1. The van der Waals surface area contributed by atoms with E-state index in [-0.39, 0.29) is 12.7 Å². The summed E-state index contributed by atoms with van der Waals surface area (Å²) in [4.78, 5) is 17.4. The molecule has 2 heterocycles. The average Bonchev–Trinajstić information content (AvgIpc) is 3.18. The van der Waals surface area contributed by atoms with Crippen LogP contribution in [0, 0.1) is 13.8 Å². The Hall–Kier alpha value is -2.73. The van der Waals surface area contributed by atoms with Crippen LogP contribution < -0.4 is 14.8 Å². The molecule has 0 saturated carbocycles. The minimum Gasteiger partial charge on any atom is -0.454 e. The molecule has 2 aromatic rings. The Balaban J connectivity index is 1.60. The zero-order valence-corrected chi connectivity index (χ0v) is 14.6. The van der Waals surface area contributed by atoms with Gasteiger partial charge in [-0.1, -0.05) is 18.2 Å². The third kappa shape index (κ3) is 3.13. The summed E-state index contributed by atoms with van der Waals surface area (Å²) in [7, 11) is 0. The lowest BCUT2D eigenvalue weighted by molar-refractivity contribution is -0.115. The van der Waals surface area contributed by atoms with E-state index in [0.717, 1.165) is 22.6 Å². The predicted molar refractivity (Wildman–Crippen MR) is 99.3 cm³/mol. The van der Waals surface area contributed by atoms with Gasteiger partial charge in [0.15, 0.2) is 16.7 Å². The number of aryl methyl sites for hydroxylation is 1. The lowest BCUT2D eigenvalue weighted by Gasteiger charge is -2.04. The number of carbonyl (C=O) groups excluding carboxylic acids is 1. The van der Waals surface area contributed by atoms with Crippen LogP contribution in [0.3, 0.4) is 0 Å². The largest absolute Gasteiger partial charge is 0.454 e. The van der Waals surface area contributed by atoms with E-state index in [1.807, 2.05) is 56.3 Å². The highest BCUT2D eigenvalue weighted by atomic mass is 32.2. The maximum absolute atomic E-state index is 12.2. The van der Waals surface area contributed by atoms with E-state index >= 15 is 0 Å². The highest BCUT2D eigenvalue weighted by Crippen LogP contribution is 2.35. The Labute approximate surface area is 149 Å². The first kappa shape index (κ1) is 15.8. The maximum atomic E-state index is 12.2. The molecule has 6 heteroatoms. The number of hydrogen-bond acceptors (Lipinski definition) is 5. The van der Waals surface area contributed by atoms with Crippen molar-refractivity contribution in [3.8, 4) is 11.5 Å². The zero-order chi connectivity index (χ0) is 17.4. The number of benzene rings is 2. The molecule has 2 aliphatic heterocycles. The second kappa shape index (κ2) is 6.29. The third-order valence-corrected chi connectivity index (χ3v) is 5.05. The summed E-state index contributed by atoms with van der Waals surface area (Å²) in [5.74, 6) is 1.27. The minimum atomic E-state index is -0.147. The number of aliphatic imine (C=N–C) groups is 1. The number of carbonyl (C=O) groups is 1. The molecule has 0 aromatic heterocycles. The van der Waals surface area contributed by atoms with E-state index in [4.69, 9.17) is 9.47 Å². The molecule has 0 aliphatic carbocycles. The van der Waals surface area contributed by atoms with E-state index in [0.29, 0.717) is 15.8 Å². The van der Waals surface area contributed by atoms with E-state index in [1.54, 1.807) is 0 Å². The highest BCUT2D eigenvalue weighted by Gasteiger charge is 2.24. The van der Waals surface area contributed by atoms with Gasteiger partial charge in [-0.15, -0.1) is 0 Å². The fourth-order valence-corrected chi connectivity index (χ4v) is 3.44. The molecule has 5 nitrogen and oxygen atoms in total. The predicted octanol–water partition coefficient (Wildman–Crippen LogP) is 3.92. The summed E-state index contributed by atoms with van der Waals surface area (Å²) in [5.41, 5.74) is 4.03. The van der Waals surface area contributed by atoms with Crippen LogP contribution >= 0.6 is 11.8 Å². The molecule has 0 radical (unpaired) electrons. The van der Waals surface area contributed by atoms with Gasteiger partial charge in [0.1, 0.15) is 0 Å². The van der Waals surface area contributed by atoms with Crippen LogP contribution in [-0.4, -0.2) is 17.9 Å². The molecule has 1 fully saturated rings. The number of ether oxygens (including phenoxy) is 2. The Morgan fingerprint density at radius 2 is 2.00 bits per heavy atom. The molecule has 25 heavy (non-hydrogen) atoms. The molecule has 1 N–H and O–H groups in total. The van der Waals surface area contributed by atoms with Crippen molar-refractivity contribution in [2.75, 3.05) is 6.79 Å². The molecule has 2 aromatic carbocycles. The van der Waals surface area contributed by atoms with Gasteiger partial charge in [0.2, 0.25) is 6.79 Å². The van der Waals surface area contributed by atoms with E-state index in [9.17, 15) is 4.79 Å². The van der Waals surface area contributed by atoms with Gasteiger partial charge >= 0.3 is 0 Å². The Kier molecular flexibility index (Phi) is 3.97. The van der Waals surface area contributed by atoms with Crippen molar-refractivity contribution in [2.24, 2.45) is 4.99 Å². The number of rotatable bonds is 2. The molecule has 4 rings (SSSR count). The normalized spacial score (nSPS) is 18.9. The number of amidine groups is 1. The average molecular weight is 352 g/mol. The van der Waals surface area contributed by atoms with Crippen LogP contribution in [0.4, 0.5) is 5.69 Å². The van der Waals surface area contributed by atoms with Gasteiger partial charge in [-0.3, -0.25) is 4.79 Å². The highest BCUT2D eigenvalue weighted by molar-refractivity contribution is 8.18. The number of thioether (sulfide) groups is 1. The zero-order valence-electron chi connectivity index (χ0n) is 13.8. The number of fused-ring (bicyclic) bond motifs is 1. The third-order valence-electron chi connectivity index (χ3n) is 4.14. The molecular weight excluding hydrogens is 336 g/mol. The van der Waals surface area contributed by atoms with Crippen LogP contribution in [0.25, 0.3) is 6.08 Å². The first-order chi connectivity index (χ1) is 12.1.